The Morgan fingerprint density at radius 3 is 2.56 bits per heavy atom. The number of rotatable bonds is 7. The van der Waals surface area contributed by atoms with Gasteiger partial charge in [0.15, 0.2) is 0 Å². The van der Waals surface area contributed by atoms with Crippen LogP contribution in [0.2, 0.25) is 10.3 Å². The maximum absolute atomic E-state index is 12.6. The second kappa shape index (κ2) is 10.8. The molecule has 0 bridgehead atoms. The molecule has 0 amide bonds. The summed E-state index contributed by atoms with van der Waals surface area (Å²) in [6, 6.07) is 6.32. The van der Waals surface area contributed by atoms with E-state index in [0.29, 0.717) is 21.8 Å². The van der Waals surface area contributed by atoms with Crippen LogP contribution < -0.4 is 4.72 Å². The van der Waals surface area contributed by atoms with E-state index in [1.54, 1.807) is 18.2 Å². The number of benzene rings is 1. The third-order valence-corrected chi connectivity index (χ3v) is 8.85. The number of hydrogen-bond acceptors (Lipinski definition) is 7. The van der Waals surface area contributed by atoms with Crippen molar-refractivity contribution < 1.29 is 21.6 Å². The van der Waals surface area contributed by atoms with E-state index >= 15 is 0 Å². The predicted octanol–water partition coefficient (Wildman–Crippen LogP) is 6.08. The number of hydrogen-bond donors (Lipinski definition) is 1. The first-order valence-corrected chi connectivity index (χ1v) is 14.2. The summed E-state index contributed by atoms with van der Waals surface area (Å²) in [6.07, 6.45) is -2.68. The van der Waals surface area contributed by atoms with E-state index in [2.05, 4.69) is 26.6 Å². The lowest BCUT2D eigenvalue weighted by molar-refractivity contribution is -0.129. The highest BCUT2D eigenvalue weighted by atomic mass is 35.5. The first-order valence-electron chi connectivity index (χ1n) is 11.0. The van der Waals surface area contributed by atoms with Gasteiger partial charge in [-0.15, -0.1) is 11.3 Å². The Morgan fingerprint density at radius 1 is 1.17 bits per heavy atom. The van der Waals surface area contributed by atoms with Gasteiger partial charge in [0, 0.05) is 17.7 Å². The molecule has 0 aliphatic carbocycles. The van der Waals surface area contributed by atoms with Crippen LogP contribution in [0.5, 0.6) is 0 Å². The fourth-order valence-electron chi connectivity index (χ4n) is 3.85. The Hall–Kier alpha value is -1.99. The molecule has 0 radical (unpaired) electrons. The van der Waals surface area contributed by atoms with Gasteiger partial charge in [-0.25, -0.2) is 23.4 Å². The number of halogens is 5. The van der Waals surface area contributed by atoms with E-state index in [4.69, 9.17) is 28.2 Å². The highest BCUT2D eigenvalue weighted by Gasteiger charge is 2.31. The van der Waals surface area contributed by atoms with Gasteiger partial charge >= 0.3 is 6.18 Å². The van der Waals surface area contributed by atoms with Crippen LogP contribution in [0, 0.1) is 0 Å². The number of nitrogens with zero attached hydrogens (tertiary/aromatic N) is 4. The standard InChI is InChI=1S/C22H22Cl2F3N5O2S2/c1-32-10-6-13(7-11-32)20-30-18(19(35-20)16-5-9-28-21(24)29-16)14-3-2-4-15(17(14)23)31-36(33,34)12-8-22(25,26)27/h2-5,9,13,31H,6-8,10-12H2,1H3. The molecule has 1 aliphatic heterocycles. The van der Waals surface area contributed by atoms with Crippen molar-refractivity contribution in [2.75, 3.05) is 30.6 Å². The average molecular weight is 580 g/mol. The first kappa shape index (κ1) is 27.1. The minimum atomic E-state index is -4.60. The number of aromatic nitrogens is 3. The highest BCUT2D eigenvalue weighted by Crippen LogP contribution is 2.44. The average Bonchev–Trinajstić information content (AvgIpc) is 3.24. The number of alkyl halides is 3. The molecule has 4 rings (SSSR count). The van der Waals surface area contributed by atoms with Crippen LogP contribution in [-0.4, -0.2) is 60.3 Å². The number of thiazole rings is 1. The number of nitrogens with one attached hydrogen (secondary N) is 1. The molecule has 0 spiro atoms. The normalized spacial score (nSPS) is 15.8. The zero-order chi connectivity index (χ0) is 26.1. The molecule has 36 heavy (non-hydrogen) atoms. The Bertz CT molecular complexity index is 1340. The van der Waals surface area contributed by atoms with Gasteiger partial charge in [0.25, 0.3) is 0 Å². The second-order valence-corrected chi connectivity index (χ2v) is 12.1. The molecule has 194 valence electrons. The highest BCUT2D eigenvalue weighted by molar-refractivity contribution is 7.92. The summed E-state index contributed by atoms with van der Waals surface area (Å²) < 4.78 is 64.4. The molecule has 3 heterocycles. The molecule has 0 atom stereocenters. The van der Waals surface area contributed by atoms with E-state index in [1.165, 1.54) is 23.6 Å². The van der Waals surface area contributed by atoms with E-state index in [9.17, 15) is 21.6 Å². The molecule has 1 N–H and O–H groups in total. The van der Waals surface area contributed by atoms with Gasteiger partial charge in [-0.2, -0.15) is 13.2 Å². The number of anilines is 1. The lowest BCUT2D eigenvalue weighted by Crippen LogP contribution is -2.29. The van der Waals surface area contributed by atoms with Crippen molar-refractivity contribution in [3.8, 4) is 21.8 Å². The smallest absolute Gasteiger partial charge is 0.306 e. The SMILES string of the molecule is CN1CCC(c2nc(-c3cccc(NS(=O)(=O)CCC(F)(F)F)c3Cl)c(-c3ccnc(Cl)n3)s2)CC1. The second-order valence-electron chi connectivity index (χ2n) is 8.47. The zero-order valence-electron chi connectivity index (χ0n) is 19.0. The fourth-order valence-corrected chi connectivity index (χ4v) is 6.64. The first-order chi connectivity index (χ1) is 16.9. The Morgan fingerprint density at radius 2 is 1.89 bits per heavy atom. The van der Waals surface area contributed by atoms with Gasteiger partial charge in [0.05, 0.1) is 44.2 Å². The fraction of sp³-hybridized carbons (Fsp3) is 0.409. The molecular formula is C22H22Cl2F3N5O2S2. The van der Waals surface area contributed by atoms with Crippen molar-refractivity contribution >= 4 is 50.2 Å². The summed E-state index contributed by atoms with van der Waals surface area (Å²) in [5.74, 6) is -0.877. The lowest BCUT2D eigenvalue weighted by Gasteiger charge is -2.27. The van der Waals surface area contributed by atoms with Gasteiger partial charge < -0.3 is 4.90 Å². The molecular weight excluding hydrogens is 558 g/mol. The molecule has 1 aliphatic rings. The molecule has 3 aromatic rings. The summed E-state index contributed by atoms with van der Waals surface area (Å²) in [5.41, 5.74) is 1.42. The number of likely N-dealkylation sites (tertiary alicyclic amines) is 1. The molecule has 2 aromatic heterocycles. The number of piperidine rings is 1. The van der Waals surface area contributed by atoms with Crippen LogP contribution in [-0.2, 0) is 10.0 Å². The predicted molar refractivity (Wildman–Crippen MR) is 136 cm³/mol. The van der Waals surface area contributed by atoms with E-state index < -0.39 is 28.4 Å². The van der Waals surface area contributed by atoms with Crippen molar-refractivity contribution in [1.82, 2.24) is 19.9 Å². The topological polar surface area (TPSA) is 88.1 Å². The monoisotopic (exact) mass is 579 g/mol. The van der Waals surface area contributed by atoms with E-state index in [1.807, 2.05) is 0 Å². The molecule has 1 aromatic carbocycles. The van der Waals surface area contributed by atoms with Crippen LogP contribution in [0.1, 0.15) is 30.2 Å². The minimum absolute atomic E-state index is 0.0229. The summed E-state index contributed by atoms with van der Waals surface area (Å²) in [4.78, 5) is 16.1. The molecule has 1 fully saturated rings. The van der Waals surface area contributed by atoms with Gasteiger partial charge in [0.2, 0.25) is 15.3 Å². The van der Waals surface area contributed by atoms with Gasteiger partial charge in [-0.05, 0) is 56.7 Å². The van der Waals surface area contributed by atoms with E-state index in [0.717, 1.165) is 30.9 Å². The van der Waals surface area contributed by atoms with Crippen molar-refractivity contribution in [2.24, 2.45) is 0 Å². The molecule has 0 unspecified atom stereocenters. The van der Waals surface area contributed by atoms with Crippen LogP contribution in [0.3, 0.4) is 0 Å². The molecule has 14 heteroatoms. The summed E-state index contributed by atoms with van der Waals surface area (Å²) in [7, 11) is -2.22. The lowest BCUT2D eigenvalue weighted by atomic mass is 9.98. The maximum Gasteiger partial charge on any atom is 0.390 e. The summed E-state index contributed by atoms with van der Waals surface area (Å²) in [5, 5.41) is 0.981. The Labute approximate surface area is 220 Å². The minimum Gasteiger partial charge on any atom is -0.306 e. The maximum atomic E-state index is 12.6. The van der Waals surface area contributed by atoms with Crippen molar-refractivity contribution in [3.63, 3.8) is 0 Å². The molecule has 0 saturated carbocycles. The van der Waals surface area contributed by atoms with Gasteiger partial charge in [0.1, 0.15) is 0 Å². The van der Waals surface area contributed by atoms with E-state index in [-0.39, 0.29) is 21.9 Å². The van der Waals surface area contributed by atoms with Crippen molar-refractivity contribution in [3.05, 3.63) is 45.8 Å². The quantitative estimate of drug-likeness (QED) is 0.341. The third-order valence-electron chi connectivity index (χ3n) is 5.74. The summed E-state index contributed by atoms with van der Waals surface area (Å²) >= 11 is 14.1. The van der Waals surface area contributed by atoms with Crippen LogP contribution in [0.25, 0.3) is 21.8 Å². The summed E-state index contributed by atoms with van der Waals surface area (Å²) in [6.45, 7) is 1.87. The van der Waals surface area contributed by atoms with Gasteiger partial charge in [-0.3, -0.25) is 4.72 Å². The molecule has 7 nitrogen and oxygen atoms in total. The van der Waals surface area contributed by atoms with Crippen LogP contribution >= 0.6 is 34.5 Å². The number of sulfonamides is 1. The van der Waals surface area contributed by atoms with Gasteiger partial charge in [-0.1, -0.05) is 23.7 Å². The Kier molecular flexibility index (Phi) is 8.10. The third kappa shape index (κ3) is 6.65. The van der Waals surface area contributed by atoms with Crippen molar-refractivity contribution in [1.29, 1.82) is 0 Å². The van der Waals surface area contributed by atoms with Crippen molar-refractivity contribution in [2.45, 2.75) is 31.4 Å². The van der Waals surface area contributed by atoms with Crippen LogP contribution in [0.15, 0.2) is 30.5 Å². The molecule has 1 saturated heterocycles. The zero-order valence-corrected chi connectivity index (χ0v) is 22.2. The Balaban J connectivity index is 1.73. The van der Waals surface area contributed by atoms with Crippen LogP contribution in [0.4, 0.5) is 18.9 Å². The largest absolute Gasteiger partial charge is 0.390 e.